The summed E-state index contributed by atoms with van der Waals surface area (Å²) in [7, 11) is 1.48. The molecule has 160 valence electrons. The quantitative estimate of drug-likeness (QED) is 0.215. The molecule has 9 heteroatoms. The highest BCUT2D eigenvalue weighted by molar-refractivity contribution is 6.51. The van der Waals surface area contributed by atoms with E-state index in [9.17, 15) is 24.8 Å². The maximum absolute atomic E-state index is 13.1. The summed E-state index contributed by atoms with van der Waals surface area (Å²) in [6.07, 6.45) is 1.52. The topological polar surface area (TPSA) is 123 Å². The van der Waals surface area contributed by atoms with Gasteiger partial charge in [-0.2, -0.15) is 0 Å². The number of carbonyl (C=O) groups is 2. The number of methoxy groups -OCH3 is 1. The predicted molar refractivity (Wildman–Crippen MR) is 115 cm³/mol. The van der Waals surface area contributed by atoms with E-state index in [0.717, 1.165) is 0 Å². The number of non-ortho nitro benzene ring substituents is 1. The van der Waals surface area contributed by atoms with Crippen LogP contribution in [0.1, 0.15) is 17.3 Å². The number of nitro benzene ring substituents is 1. The van der Waals surface area contributed by atoms with E-state index in [4.69, 9.17) is 4.74 Å². The normalized spacial score (nSPS) is 17.4. The van der Waals surface area contributed by atoms with E-state index >= 15 is 0 Å². The Morgan fingerprint density at radius 1 is 1.09 bits per heavy atom. The molecule has 9 nitrogen and oxygen atoms in total. The first-order valence-electron chi connectivity index (χ1n) is 9.53. The molecule has 4 rings (SSSR count). The fourth-order valence-electron chi connectivity index (χ4n) is 3.57. The number of carbonyl (C=O) groups excluding carboxylic acids is 2. The average molecular weight is 431 g/mol. The lowest BCUT2D eigenvalue weighted by molar-refractivity contribution is -0.384. The molecule has 0 radical (unpaired) electrons. The molecule has 2 heterocycles. The number of hydrogen-bond donors (Lipinski definition) is 1. The lowest BCUT2D eigenvalue weighted by Gasteiger charge is -2.24. The van der Waals surface area contributed by atoms with Crippen molar-refractivity contribution in [3.05, 3.63) is 99.9 Å². The molecular weight excluding hydrogens is 414 g/mol. The third-order valence-electron chi connectivity index (χ3n) is 5.10. The van der Waals surface area contributed by atoms with Crippen LogP contribution in [0.2, 0.25) is 0 Å². The Morgan fingerprint density at radius 2 is 1.84 bits per heavy atom. The second-order valence-electron chi connectivity index (χ2n) is 6.93. The summed E-state index contributed by atoms with van der Waals surface area (Å²) in [4.78, 5) is 42.0. The minimum atomic E-state index is -1.00. The molecule has 0 spiro atoms. The number of pyridine rings is 1. The zero-order chi connectivity index (χ0) is 22.8. The van der Waals surface area contributed by atoms with E-state index < -0.39 is 28.4 Å². The predicted octanol–water partition coefficient (Wildman–Crippen LogP) is 3.62. The van der Waals surface area contributed by atoms with Crippen LogP contribution < -0.4 is 9.64 Å². The molecule has 3 aromatic rings. The Bertz CT molecular complexity index is 1240. The molecule has 1 aromatic heterocycles. The van der Waals surface area contributed by atoms with Crippen LogP contribution in [0.3, 0.4) is 0 Å². The van der Waals surface area contributed by atoms with Crippen molar-refractivity contribution >= 4 is 28.8 Å². The summed E-state index contributed by atoms with van der Waals surface area (Å²) in [5.41, 5.74) is 0.605. The molecule has 1 unspecified atom stereocenters. The minimum Gasteiger partial charge on any atom is -0.507 e. The van der Waals surface area contributed by atoms with Crippen molar-refractivity contribution in [3.63, 3.8) is 0 Å². The van der Waals surface area contributed by atoms with Gasteiger partial charge >= 0.3 is 0 Å². The third-order valence-corrected chi connectivity index (χ3v) is 5.10. The number of aromatic nitrogens is 1. The van der Waals surface area contributed by atoms with Gasteiger partial charge in [0, 0.05) is 35.6 Å². The molecule has 1 N–H and O–H groups in total. The monoisotopic (exact) mass is 431 g/mol. The Hall–Kier alpha value is -4.53. The van der Waals surface area contributed by atoms with Crippen molar-refractivity contribution in [1.29, 1.82) is 0 Å². The van der Waals surface area contributed by atoms with Crippen LogP contribution in [-0.4, -0.2) is 33.8 Å². The van der Waals surface area contributed by atoms with Crippen molar-refractivity contribution in [2.24, 2.45) is 0 Å². The minimum absolute atomic E-state index is 0.162. The van der Waals surface area contributed by atoms with Gasteiger partial charge in [-0.3, -0.25) is 29.6 Å². The zero-order valence-corrected chi connectivity index (χ0v) is 16.8. The number of ketones is 1. The summed E-state index contributed by atoms with van der Waals surface area (Å²) in [5, 5.41) is 21.9. The molecule has 32 heavy (non-hydrogen) atoms. The number of Topliss-reactive ketones (excluding diaryl/α,β-unsaturated/α-hetero) is 1. The van der Waals surface area contributed by atoms with Crippen molar-refractivity contribution in [2.75, 3.05) is 12.0 Å². The number of ether oxygens (including phenoxy) is 1. The Morgan fingerprint density at radius 3 is 2.47 bits per heavy atom. The van der Waals surface area contributed by atoms with Crippen molar-refractivity contribution in [3.8, 4) is 5.75 Å². The van der Waals surface area contributed by atoms with Crippen LogP contribution in [0.5, 0.6) is 5.75 Å². The van der Waals surface area contributed by atoms with E-state index in [1.807, 2.05) is 0 Å². The molecule has 2 aromatic carbocycles. The van der Waals surface area contributed by atoms with Crippen molar-refractivity contribution in [2.45, 2.75) is 6.04 Å². The van der Waals surface area contributed by atoms with Gasteiger partial charge in [-0.1, -0.05) is 12.1 Å². The number of aliphatic hydroxyl groups excluding tert-OH is 1. The fraction of sp³-hybridized carbons (Fsp3) is 0.0870. The number of hydrogen-bond acceptors (Lipinski definition) is 7. The summed E-state index contributed by atoms with van der Waals surface area (Å²) in [5.74, 6) is -1.68. The van der Waals surface area contributed by atoms with Crippen LogP contribution in [0.4, 0.5) is 11.4 Å². The second-order valence-corrected chi connectivity index (χ2v) is 6.93. The largest absolute Gasteiger partial charge is 0.507 e. The average Bonchev–Trinajstić information content (AvgIpc) is 3.09. The first kappa shape index (κ1) is 20.7. The Kier molecular flexibility index (Phi) is 5.38. The summed E-state index contributed by atoms with van der Waals surface area (Å²) < 4.78 is 5.24. The lowest BCUT2D eigenvalue weighted by Crippen LogP contribution is -2.29. The molecular formula is C23H17N3O6. The van der Waals surface area contributed by atoms with Gasteiger partial charge in [0.15, 0.2) is 0 Å². The summed E-state index contributed by atoms with van der Waals surface area (Å²) in [6, 6.07) is 15.7. The Balaban J connectivity index is 1.90. The fourth-order valence-corrected chi connectivity index (χ4v) is 3.57. The molecule has 1 aliphatic rings. The lowest BCUT2D eigenvalue weighted by atomic mass is 9.98. The second kappa shape index (κ2) is 8.31. The van der Waals surface area contributed by atoms with E-state index in [2.05, 4.69) is 4.98 Å². The molecule has 1 fully saturated rings. The van der Waals surface area contributed by atoms with E-state index in [0.29, 0.717) is 17.1 Å². The summed E-state index contributed by atoms with van der Waals surface area (Å²) in [6.45, 7) is 0. The number of nitrogens with zero attached hydrogens (tertiary/aromatic N) is 3. The van der Waals surface area contributed by atoms with Crippen molar-refractivity contribution < 1.29 is 24.4 Å². The number of nitro groups is 1. The molecule has 1 atom stereocenters. The number of aliphatic hydroxyl groups is 1. The van der Waals surface area contributed by atoms with Gasteiger partial charge < -0.3 is 9.84 Å². The van der Waals surface area contributed by atoms with Crippen molar-refractivity contribution in [1.82, 2.24) is 4.98 Å². The van der Waals surface area contributed by atoms with E-state index in [1.54, 1.807) is 42.5 Å². The molecule has 1 amide bonds. The smallest absolute Gasteiger partial charge is 0.300 e. The van der Waals surface area contributed by atoms with Gasteiger partial charge in [-0.05, 0) is 36.4 Å². The van der Waals surface area contributed by atoms with E-state index in [1.165, 1.54) is 42.5 Å². The van der Waals surface area contributed by atoms with Gasteiger partial charge in [0.1, 0.15) is 17.6 Å². The number of benzene rings is 2. The van der Waals surface area contributed by atoms with Crippen LogP contribution in [-0.2, 0) is 9.59 Å². The van der Waals surface area contributed by atoms with E-state index in [-0.39, 0.29) is 16.8 Å². The van der Waals surface area contributed by atoms with Gasteiger partial charge in [0.25, 0.3) is 17.4 Å². The molecule has 0 bridgehead atoms. The highest BCUT2D eigenvalue weighted by Crippen LogP contribution is 2.42. The van der Waals surface area contributed by atoms with Crippen LogP contribution in [0.25, 0.3) is 5.76 Å². The van der Waals surface area contributed by atoms with Crippen LogP contribution in [0, 0.1) is 10.1 Å². The van der Waals surface area contributed by atoms with Gasteiger partial charge in [-0.25, -0.2) is 0 Å². The standard InChI is InChI=1S/C23H17N3O6/c1-32-17-6-4-5-16(13-17)25-20(18-7-2-3-12-24-18)19(22(28)23(25)29)21(27)14-8-10-15(11-9-14)26(30)31/h2-13,20,27H,1H3/b21-19+. The number of rotatable bonds is 5. The van der Waals surface area contributed by atoms with Crippen LogP contribution >= 0.6 is 0 Å². The molecule has 1 aliphatic heterocycles. The van der Waals surface area contributed by atoms with Crippen LogP contribution in [0.15, 0.2) is 78.5 Å². The maximum atomic E-state index is 13.1. The van der Waals surface area contributed by atoms with Gasteiger partial charge in [-0.15, -0.1) is 0 Å². The maximum Gasteiger partial charge on any atom is 0.300 e. The molecule has 0 aliphatic carbocycles. The highest BCUT2D eigenvalue weighted by Gasteiger charge is 2.47. The summed E-state index contributed by atoms with van der Waals surface area (Å²) >= 11 is 0. The zero-order valence-electron chi connectivity index (χ0n) is 16.8. The number of anilines is 1. The molecule has 0 saturated carbocycles. The van der Waals surface area contributed by atoms with Gasteiger partial charge in [0.05, 0.1) is 23.3 Å². The first-order chi connectivity index (χ1) is 15.4. The number of amides is 1. The molecule has 1 saturated heterocycles. The Labute approximate surface area is 182 Å². The highest BCUT2D eigenvalue weighted by atomic mass is 16.6. The van der Waals surface area contributed by atoms with Gasteiger partial charge in [0.2, 0.25) is 0 Å². The third kappa shape index (κ3) is 3.56. The first-order valence-corrected chi connectivity index (χ1v) is 9.53. The SMILES string of the molecule is COc1cccc(N2C(=O)C(=O)/C(=C(/O)c3ccc([N+](=O)[O-])cc3)C2c2ccccn2)c1.